The Labute approximate surface area is 79.5 Å². The van der Waals surface area contributed by atoms with Crippen molar-refractivity contribution in [1.82, 2.24) is 0 Å². The summed E-state index contributed by atoms with van der Waals surface area (Å²) < 4.78 is 4.68. The van der Waals surface area contributed by atoms with Crippen molar-refractivity contribution in [3.63, 3.8) is 0 Å². The van der Waals surface area contributed by atoms with Crippen molar-refractivity contribution in [3.05, 3.63) is 0 Å². The van der Waals surface area contributed by atoms with Gasteiger partial charge in [-0.05, 0) is 12.8 Å². The second kappa shape index (κ2) is 5.73. The number of carbonyl (C=O) groups is 2. The van der Waals surface area contributed by atoms with Gasteiger partial charge >= 0.3 is 11.9 Å². The summed E-state index contributed by atoms with van der Waals surface area (Å²) in [6.07, 6.45) is 1.40. The lowest BCUT2D eigenvalue weighted by Gasteiger charge is -2.10. The molecule has 0 amide bonds. The lowest BCUT2D eigenvalue weighted by Crippen LogP contribution is -2.22. The van der Waals surface area contributed by atoms with E-state index in [1.54, 1.807) is 13.8 Å². The normalized spacial score (nSPS) is 14.8. The summed E-state index contributed by atoms with van der Waals surface area (Å²) in [5.41, 5.74) is 0. The first-order chi connectivity index (χ1) is 6.02. The quantitative estimate of drug-likeness (QED) is 0.499. The van der Waals surface area contributed by atoms with Crippen LogP contribution in [0.25, 0.3) is 0 Å². The first-order valence-electron chi connectivity index (χ1n) is 4.78. The average Bonchev–Trinajstić information content (AvgIpc) is 2.14. The lowest BCUT2D eigenvalue weighted by molar-refractivity contribution is -0.164. The summed E-state index contributed by atoms with van der Waals surface area (Å²) in [5, 5.41) is 0. The van der Waals surface area contributed by atoms with Gasteiger partial charge in [0.15, 0.2) is 0 Å². The van der Waals surface area contributed by atoms with E-state index in [1.807, 2.05) is 13.8 Å². The van der Waals surface area contributed by atoms with Crippen molar-refractivity contribution in [3.8, 4) is 0 Å². The maximum absolute atomic E-state index is 11.2. The fourth-order valence-corrected chi connectivity index (χ4v) is 0.634. The Kier molecular flexibility index (Phi) is 5.35. The molecule has 0 spiro atoms. The summed E-state index contributed by atoms with van der Waals surface area (Å²) in [4.78, 5) is 22.3. The molecule has 0 aromatic carbocycles. The molecule has 13 heavy (non-hydrogen) atoms. The van der Waals surface area contributed by atoms with Crippen molar-refractivity contribution < 1.29 is 14.3 Å². The Morgan fingerprint density at radius 3 is 1.54 bits per heavy atom. The number of carbonyl (C=O) groups excluding carboxylic acids is 2. The van der Waals surface area contributed by atoms with Crippen LogP contribution in [0.3, 0.4) is 0 Å². The van der Waals surface area contributed by atoms with Crippen molar-refractivity contribution >= 4 is 11.9 Å². The minimum atomic E-state index is -0.409. The molecule has 0 aliphatic rings. The van der Waals surface area contributed by atoms with Crippen LogP contribution >= 0.6 is 0 Å². The van der Waals surface area contributed by atoms with Crippen LogP contribution < -0.4 is 0 Å². The van der Waals surface area contributed by atoms with Crippen molar-refractivity contribution in [2.45, 2.75) is 40.5 Å². The Hall–Kier alpha value is -0.860. The van der Waals surface area contributed by atoms with Crippen LogP contribution in [0.1, 0.15) is 40.5 Å². The second-order valence-electron chi connectivity index (χ2n) is 3.36. The van der Waals surface area contributed by atoms with Crippen LogP contribution in [0.15, 0.2) is 0 Å². The van der Waals surface area contributed by atoms with E-state index in [4.69, 9.17) is 0 Å². The molecule has 3 nitrogen and oxygen atoms in total. The minimum absolute atomic E-state index is 0.187. The third-order valence-electron chi connectivity index (χ3n) is 2.23. The molecule has 0 aliphatic heterocycles. The van der Waals surface area contributed by atoms with Crippen LogP contribution in [0.4, 0.5) is 0 Å². The van der Waals surface area contributed by atoms with E-state index in [-0.39, 0.29) is 11.8 Å². The van der Waals surface area contributed by atoms with Gasteiger partial charge in [-0.2, -0.15) is 0 Å². The van der Waals surface area contributed by atoms with E-state index in [9.17, 15) is 9.59 Å². The Morgan fingerprint density at radius 1 is 1.00 bits per heavy atom. The number of hydrogen-bond donors (Lipinski definition) is 0. The Morgan fingerprint density at radius 2 is 1.31 bits per heavy atom. The van der Waals surface area contributed by atoms with E-state index < -0.39 is 11.9 Å². The predicted octanol–water partition coefficient (Wildman–Crippen LogP) is 2.15. The van der Waals surface area contributed by atoms with Crippen molar-refractivity contribution in [2.24, 2.45) is 11.8 Å². The molecule has 0 saturated heterocycles. The maximum Gasteiger partial charge on any atom is 0.316 e. The van der Waals surface area contributed by atoms with E-state index in [0.29, 0.717) is 12.8 Å². The van der Waals surface area contributed by atoms with E-state index in [1.165, 1.54) is 0 Å². The van der Waals surface area contributed by atoms with Gasteiger partial charge in [0.1, 0.15) is 0 Å². The highest BCUT2D eigenvalue weighted by atomic mass is 16.6. The minimum Gasteiger partial charge on any atom is -0.393 e. The molecular formula is C10H18O3. The van der Waals surface area contributed by atoms with Gasteiger partial charge in [-0.3, -0.25) is 9.59 Å². The van der Waals surface area contributed by atoms with Crippen LogP contribution in [0.2, 0.25) is 0 Å². The monoisotopic (exact) mass is 186 g/mol. The molecule has 76 valence electrons. The van der Waals surface area contributed by atoms with Gasteiger partial charge in [0.05, 0.1) is 11.8 Å². The molecule has 0 aliphatic carbocycles. The molecule has 0 bridgehead atoms. The molecule has 0 radical (unpaired) electrons. The number of rotatable bonds is 4. The number of esters is 2. The second-order valence-corrected chi connectivity index (χ2v) is 3.36. The van der Waals surface area contributed by atoms with Gasteiger partial charge in [-0.25, -0.2) is 0 Å². The summed E-state index contributed by atoms with van der Waals surface area (Å²) in [6.45, 7) is 7.29. The summed E-state index contributed by atoms with van der Waals surface area (Å²) in [5.74, 6) is -1.19. The summed E-state index contributed by atoms with van der Waals surface area (Å²) >= 11 is 0. The van der Waals surface area contributed by atoms with Gasteiger partial charge < -0.3 is 4.74 Å². The topological polar surface area (TPSA) is 43.4 Å². The third-order valence-corrected chi connectivity index (χ3v) is 2.23. The van der Waals surface area contributed by atoms with Gasteiger partial charge in [-0.1, -0.05) is 27.7 Å². The molecule has 0 rings (SSSR count). The van der Waals surface area contributed by atoms with Gasteiger partial charge in [-0.15, -0.1) is 0 Å². The molecule has 0 aromatic heterocycles. The highest BCUT2D eigenvalue weighted by Crippen LogP contribution is 2.08. The molecule has 0 aromatic rings. The van der Waals surface area contributed by atoms with Gasteiger partial charge in [0, 0.05) is 0 Å². The molecule has 3 heteroatoms. The lowest BCUT2D eigenvalue weighted by atomic mass is 10.1. The Balaban J connectivity index is 3.99. The third kappa shape index (κ3) is 4.06. The molecule has 0 saturated carbocycles. The van der Waals surface area contributed by atoms with E-state index in [2.05, 4.69) is 4.74 Å². The van der Waals surface area contributed by atoms with Crippen LogP contribution in [-0.2, 0) is 14.3 Å². The first-order valence-corrected chi connectivity index (χ1v) is 4.78. The van der Waals surface area contributed by atoms with Gasteiger partial charge in [0.25, 0.3) is 0 Å². The van der Waals surface area contributed by atoms with Crippen LogP contribution in [0.5, 0.6) is 0 Å². The van der Waals surface area contributed by atoms with Gasteiger partial charge in [0.2, 0.25) is 0 Å². The SMILES string of the molecule is CC[C@@H](C)C(=O)OC(=O)[C@H](C)CC. The maximum atomic E-state index is 11.2. The Bertz CT molecular complexity index is 167. The zero-order chi connectivity index (χ0) is 10.4. The smallest absolute Gasteiger partial charge is 0.316 e. The van der Waals surface area contributed by atoms with Crippen molar-refractivity contribution in [2.75, 3.05) is 0 Å². The van der Waals surface area contributed by atoms with E-state index >= 15 is 0 Å². The van der Waals surface area contributed by atoms with Crippen molar-refractivity contribution in [1.29, 1.82) is 0 Å². The summed E-state index contributed by atoms with van der Waals surface area (Å²) in [6, 6.07) is 0. The number of ether oxygens (including phenoxy) is 1. The summed E-state index contributed by atoms with van der Waals surface area (Å²) in [7, 11) is 0. The highest BCUT2D eigenvalue weighted by Gasteiger charge is 2.19. The molecule has 2 atom stereocenters. The fourth-order valence-electron chi connectivity index (χ4n) is 0.634. The largest absolute Gasteiger partial charge is 0.393 e. The zero-order valence-corrected chi connectivity index (χ0v) is 8.79. The molecule has 0 unspecified atom stereocenters. The fraction of sp³-hybridized carbons (Fsp3) is 0.800. The van der Waals surface area contributed by atoms with E-state index in [0.717, 1.165) is 0 Å². The predicted molar refractivity (Wildman–Crippen MR) is 50.0 cm³/mol. The van der Waals surface area contributed by atoms with Crippen LogP contribution in [0, 0.1) is 11.8 Å². The standard InChI is InChI=1S/C10H18O3/c1-5-7(3)9(11)13-10(12)8(4)6-2/h7-8H,5-6H2,1-4H3/t7-,8-/m1/s1. The molecular weight excluding hydrogens is 168 g/mol. The first kappa shape index (κ1) is 12.1. The number of hydrogen-bond acceptors (Lipinski definition) is 3. The zero-order valence-electron chi connectivity index (χ0n) is 8.79. The highest BCUT2D eigenvalue weighted by molar-refractivity contribution is 5.87. The van der Waals surface area contributed by atoms with Crippen LogP contribution in [-0.4, -0.2) is 11.9 Å². The molecule has 0 N–H and O–H groups in total. The molecule has 0 fully saturated rings. The average molecular weight is 186 g/mol. The molecule has 0 heterocycles.